The van der Waals surface area contributed by atoms with E-state index in [1.807, 2.05) is 55.5 Å². The van der Waals surface area contributed by atoms with Crippen LogP contribution in [0.4, 0.5) is 5.69 Å². The average molecular weight is 615 g/mol. The number of benzene rings is 3. The number of amides is 1. The second-order valence-corrected chi connectivity index (χ2v) is 11.4. The molecule has 0 aliphatic heterocycles. The van der Waals surface area contributed by atoms with Gasteiger partial charge in [0.1, 0.15) is 23.6 Å². The summed E-state index contributed by atoms with van der Waals surface area (Å²) in [5, 5.41) is 23.6. The van der Waals surface area contributed by atoms with Crippen LogP contribution in [0.15, 0.2) is 72.9 Å². The van der Waals surface area contributed by atoms with E-state index >= 15 is 0 Å². The summed E-state index contributed by atoms with van der Waals surface area (Å²) in [5.41, 5.74) is 4.86. The summed E-state index contributed by atoms with van der Waals surface area (Å²) in [6.45, 7) is 4.40. The first-order chi connectivity index (χ1) is 21.2. The summed E-state index contributed by atoms with van der Waals surface area (Å²) in [5.74, 6) is -1.12. The van der Waals surface area contributed by atoms with Gasteiger partial charge in [-0.15, -0.1) is 0 Å². The maximum Gasteiger partial charge on any atom is 0.323 e. The number of aryl methyl sites for hydroxylation is 1. The van der Waals surface area contributed by atoms with Crippen LogP contribution in [-0.4, -0.2) is 44.2 Å². The van der Waals surface area contributed by atoms with Gasteiger partial charge in [-0.2, -0.15) is 0 Å². The number of carbonyl (C=O) groups is 2. The quantitative estimate of drug-likeness (QED) is 0.140. The van der Waals surface area contributed by atoms with Crippen molar-refractivity contribution in [3.8, 4) is 22.8 Å². The Balaban J connectivity index is 1.32. The molecule has 9 nitrogen and oxygen atoms in total. The van der Waals surface area contributed by atoms with Gasteiger partial charge in [0.25, 0.3) is 5.91 Å². The van der Waals surface area contributed by atoms with E-state index in [1.165, 1.54) is 12.1 Å². The first-order valence-corrected chi connectivity index (χ1v) is 15.0. The largest absolute Gasteiger partial charge is 0.508 e. The predicted octanol–water partition coefficient (Wildman–Crippen LogP) is 6.33. The van der Waals surface area contributed by atoms with E-state index in [4.69, 9.17) is 16.3 Å². The maximum atomic E-state index is 13.8. The molecule has 0 bridgehead atoms. The van der Waals surface area contributed by atoms with Gasteiger partial charge >= 0.3 is 5.97 Å². The molecule has 1 aliphatic rings. The van der Waals surface area contributed by atoms with Gasteiger partial charge in [0.15, 0.2) is 0 Å². The van der Waals surface area contributed by atoms with Crippen LogP contribution in [0.25, 0.3) is 11.3 Å². The Bertz CT molecular complexity index is 1620. The molecular formula is C34H35ClN4O5. The van der Waals surface area contributed by atoms with Gasteiger partial charge in [-0.25, -0.2) is 9.97 Å². The van der Waals surface area contributed by atoms with Gasteiger partial charge in [-0.1, -0.05) is 36.4 Å². The lowest BCUT2D eigenvalue weighted by atomic mass is 10.1. The van der Waals surface area contributed by atoms with E-state index in [0.29, 0.717) is 17.9 Å². The fourth-order valence-electron chi connectivity index (χ4n) is 5.21. The summed E-state index contributed by atoms with van der Waals surface area (Å²) in [7, 11) is 0. The van der Waals surface area contributed by atoms with Crippen molar-refractivity contribution in [2.24, 2.45) is 0 Å². The van der Waals surface area contributed by atoms with Gasteiger partial charge in [-0.3, -0.25) is 9.59 Å². The number of nitrogens with zero attached hydrogens (tertiary/aromatic N) is 3. The number of aromatic hydroxyl groups is 2. The molecule has 3 N–H and O–H groups in total. The number of anilines is 1. The minimum absolute atomic E-state index is 0.0336. The Morgan fingerprint density at radius 3 is 2.39 bits per heavy atom. The molecule has 1 atom stereocenters. The van der Waals surface area contributed by atoms with E-state index in [1.54, 1.807) is 18.0 Å². The molecule has 1 heterocycles. The van der Waals surface area contributed by atoms with Crippen molar-refractivity contribution in [3.05, 3.63) is 100 Å². The summed E-state index contributed by atoms with van der Waals surface area (Å²) >= 11 is 6.02. The van der Waals surface area contributed by atoms with E-state index in [-0.39, 0.29) is 41.0 Å². The van der Waals surface area contributed by atoms with Crippen molar-refractivity contribution in [3.63, 3.8) is 0 Å². The fourth-order valence-corrected chi connectivity index (χ4v) is 5.34. The normalized spacial score (nSPS) is 13.9. The van der Waals surface area contributed by atoms with Gasteiger partial charge in [-0.05, 0) is 92.1 Å². The van der Waals surface area contributed by atoms with Crippen molar-refractivity contribution < 1.29 is 24.5 Å². The third-order valence-electron chi connectivity index (χ3n) is 7.77. The molecule has 1 fully saturated rings. The fraction of sp³-hybridized carbons (Fsp3) is 0.294. The van der Waals surface area contributed by atoms with Gasteiger partial charge in [0, 0.05) is 30.1 Å². The molecule has 0 saturated heterocycles. The van der Waals surface area contributed by atoms with E-state index in [0.717, 1.165) is 54.0 Å². The molecule has 0 spiro atoms. The number of hydrogen-bond acceptors (Lipinski definition) is 8. The first-order valence-electron chi connectivity index (χ1n) is 14.6. The summed E-state index contributed by atoms with van der Waals surface area (Å²) in [6, 6.07) is 18.6. The minimum Gasteiger partial charge on any atom is -0.508 e. The van der Waals surface area contributed by atoms with E-state index in [9.17, 15) is 19.8 Å². The van der Waals surface area contributed by atoms with Crippen LogP contribution in [0.1, 0.15) is 59.7 Å². The zero-order valence-corrected chi connectivity index (χ0v) is 25.4. The number of aromatic nitrogens is 2. The number of halogens is 1. The SMILES string of the molecule is Cc1cnc(Cl)nc1-c1ccc(N(Cc2ccc(CN[C@@H](C)C(=O)OC3CCCC3)cc2)C(=O)c2ccc(O)cc2O)cc1. The summed E-state index contributed by atoms with van der Waals surface area (Å²) in [4.78, 5) is 36.1. The Kier molecular flexibility index (Phi) is 9.77. The highest BCUT2D eigenvalue weighted by molar-refractivity contribution is 6.28. The lowest BCUT2D eigenvalue weighted by Crippen LogP contribution is -2.36. The van der Waals surface area contributed by atoms with Gasteiger partial charge in [0.05, 0.1) is 17.8 Å². The second-order valence-electron chi connectivity index (χ2n) is 11.1. The molecule has 5 rings (SSSR count). The van der Waals surface area contributed by atoms with Crippen LogP contribution in [0, 0.1) is 6.92 Å². The number of phenols is 2. The lowest BCUT2D eigenvalue weighted by molar-refractivity contribution is -0.150. The van der Waals surface area contributed by atoms with E-state index in [2.05, 4.69) is 15.3 Å². The van der Waals surface area contributed by atoms with Crippen molar-refractivity contribution in [1.82, 2.24) is 15.3 Å². The third kappa shape index (κ3) is 7.53. The molecule has 1 amide bonds. The molecule has 44 heavy (non-hydrogen) atoms. The van der Waals surface area contributed by atoms with Crippen molar-refractivity contribution in [2.75, 3.05) is 4.90 Å². The second kappa shape index (κ2) is 13.9. The summed E-state index contributed by atoms with van der Waals surface area (Å²) < 4.78 is 5.60. The zero-order chi connectivity index (χ0) is 31.2. The number of phenolic OH excluding ortho intramolecular Hbond substituents is 2. The molecule has 4 aromatic rings. The van der Waals surface area contributed by atoms with Crippen molar-refractivity contribution in [1.29, 1.82) is 0 Å². The van der Waals surface area contributed by atoms with Crippen LogP contribution in [0.5, 0.6) is 11.5 Å². The number of esters is 1. The number of hydrogen-bond donors (Lipinski definition) is 3. The van der Waals surface area contributed by atoms with Crippen LogP contribution in [-0.2, 0) is 22.6 Å². The Hall–Kier alpha value is -4.47. The van der Waals surface area contributed by atoms with Crippen LogP contribution in [0.3, 0.4) is 0 Å². The Morgan fingerprint density at radius 1 is 1.02 bits per heavy atom. The van der Waals surface area contributed by atoms with Gasteiger partial charge in [0.2, 0.25) is 5.28 Å². The van der Waals surface area contributed by atoms with Crippen molar-refractivity contribution >= 4 is 29.2 Å². The molecule has 3 aromatic carbocycles. The molecule has 1 saturated carbocycles. The monoisotopic (exact) mass is 614 g/mol. The minimum atomic E-state index is -0.433. The maximum absolute atomic E-state index is 13.8. The molecule has 1 aliphatic carbocycles. The molecule has 10 heteroatoms. The average Bonchev–Trinajstić information content (AvgIpc) is 3.53. The zero-order valence-electron chi connectivity index (χ0n) is 24.7. The highest BCUT2D eigenvalue weighted by Crippen LogP contribution is 2.30. The van der Waals surface area contributed by atoms with Crippen LogP contribution < -0.4 is 10.2 Å². The highest BCUT2D eigenvalue weighted by Gasteiger charge is 2.24. The number of carbonyl (C=O) groups excluding carboxylic acids is 2. The molecular weight excluding hydrogens is 580 g/mol. The van der Waals surface area contributed by atoms with Crippen LogP contribution >= 0.6 is 11.6 Å². The predicted molar refractivity (Wildman–Crippen MR) is 169 cm³/mol. The molecule has 228 valence electrons. The molecule has 0 radical (unpaired) electrons. The number of ether oxygens (including phenoxy) is 1. The first kappa shape index (κ1) is 31.0. The number of nitrogens with one attached hydrogen (secondary N) is 1. The topological polar surface area (TPSA) is 125 Å². The molecule has 0 unspecified atom stereocenters. The molecule has 1 aromatic heterocycles. The Labute approximate surface area is 261 Å². The standard InChI is InChI=1S/C34H35ClN4O5/c1-21-18-37-34(35)38-31(21)25-11-13-26(14-12-25)39(32(42)29-16-15-27(40)17-30(29)41)20-24-9-7-23(8-10-24)19-36-22(2)33(43)44-28-5-3-4-6-28/h7-18,22,28,36,40-41H,3-6,19-20H2,1-2H3/t22-/m0/s1. The number of rotatable bonds is 10. The van der Waals surface area contributed by atoms with E-state index < -0.39 is 11.9 Å². The third-order valence-corrected chi connectivity index (χ3v) is 7.95. The van der Waals surface area contributed by atoms with Crippen LogP contribution in [0.2, 0.25) is 5.28 Å². The smallest absolute Gasteiger partial charge is 0.323 e. The Morgan fingerprint density at radius 2 is 1.70 bits per heavy atom. The van der Waals surface area contributed by atoms with Gasteiger partial charge < -0.3 is 25.2 Å². The van der Waals surface area contributed by atoms with Crippen molar-refractivity contribution in [2.45, 2.75) is 64.8 Å². The lowest BCUT2D eigenvalue weighted by Gasteiger charge is -2.24. The highest BCUT2D eigenvalue weighted by atomic mass is 35.5. The summed E-state index contributed by atoms with van der Waals surface area (Å²) in [6.07, 6.45) is 5.78.